The number of nitrogens with one attached hydrogen (secondary N) is 1. The van der Waals surface area contributed by atoms with Crippen molar-refractivity contribution in [3.8, 4) is 0 Å². The van der Waals surface area contributed by atoms with Gasteiger partial charge >= 0.3 is 0 Å². The summed E-state index contributed by atoms with van der Waals surface area (Å²) in [5, 5.41) is 12.5. The number of carbonyl (C=O) groups is 1. The van der Waals surface area contributed by atoms with Gasteiger partial charge in [-0.15, -0.1) is 0 Å². The first-order chi connectivity index (χ1) is 8.56. The number of aliphatic hydroxyl groups excluding tert-OH is 1. The largest absolute Gasteiger partial charge is 0.394 e. The molecule has 1 unspecified atom stereocenters. The summed E-state index contributed by atoms with van der Waals surface area (Å²) < 4.78 is 0. The van der Waals surface area contributed by atoms with Crippen molar-refractivity contribution in [1.29, 1.82) is 0 Å². The lowest BCUT2D eigenvalue weighted by atomic mass is 9.88. The van der Waals surface area contributed by atoms with Crippen LogP contribution in [0, 0.1) is 0 Å². The molecule has 18 heavy (non-hydrogen) atoms. The first-order valence-corrected chi connectivity index (χ1v) is 7.23. The summed E-state index contributed by atoms with van der Waals surface area (Å²) in [6, 6.07) is -0.0381. The van der Waals surface area contributed by atoms with Gasteiger partial charge in [-0.25, -0.2) is 0 Å². The second-order valence-electron chi connectivity index (χ2n) is 6.25. The standard InChI is InChI=1S/C14H26N2O2/c1-14(2)8-9-15-12(10-17)13(18)16(14)11-6-4-3-5-7-11/h11-12,15,17H,3-10H2,1-2H3. The highest BCUT2D eigenvalue weighted by atomic mass is 16.3. The SMILES string of the molecule is CC1(C)CCNC(CO)C(=O)N1C1CCCCC1. The van der Waals surface area contributed by atoms with Crippen LogP contribution in [0.5, 0.6) is 0 Å². The lowest BCUT2D eigenvalue weighted by molar-refractivity contribution is -0.142. The van der Waals surface area contributed by atoms with Crippen LogP contribution in [0.2, 0.25) is 0 Å². The summed E-state index contributed by atoms with van der Waals surface area (Å²) in [7, 11) is 0. The maximum atomic E-state index is 12.6. The molecule has 2 rings (SSSR count). The number of carbonyl (C=O) groups excluding carboxylic acids is 1. The first-order valence-electron chi connectivity index (χ1n) is 7.23. The average molecular weight is 254 g/mol. The molecule has 1 saturated carbocycles. The van der Waals surface area contributed by atoms with E-state index in [2.05, 4.69) is 24.1 Å². The van der Waals surface area contributed by atoms with Crippen molar-refractivity contribution in [2.75, 3.05) is 13.2 Å². The third-order valence-corrected chi connectivity index (χ3v) is 4.44. The number of hydrogen-bond donors (Lipinski definition) is 2. The lowest BCUT2D eigenvalue weighted by Gasteiger charge is -2.45. The molecule has 4 heteroatoms. The van der Waals surface area contributed by atoms with Gasteiger partial charge < -0.3 is 15.3 Å². The van der Waals surface area contributed by atoms with Crippen molar-refractivity contribution in [1.82, 2.24) is 10.2 Å². The summed E-state index contributed by atoms with van der Waals surface area (Å²) in [5.74, 6) is 0.0897. The Kier molecular flexibility index (Phi) is 4.28. The highest BCUT2D eigenvalue weighted by Crippen LogP contribution is 2.31. The topological polar surface area (TPSA) is 52.6 Å². The van der Waals surface area contributed by atoms with Gasteiger partial charge in [-0.3, -0.25) is 4.79 Å². The van der Waals surface area contributed by atoms with Gasteiger partial charge in [0.15, 0.2) is 0 Å². The van der Waals surface area contributed by atoms with E-state index in [1.54, 1.807) is 0 Å². The minimum absolute atomic E-state index is 0.0897. The Morgan fingerprint density at radius 3 is 2.61 bits per heavy atom. The van der Waals surface area contributed by atoms with Crippen LogP contribution in [0.3, 0.4) is 0 Å². The molecule has 0 bridgehead atoms. The number of nitrogens with zero attached hydrogens (tertiary/aromatic N) is 1. The zero-order valence-electron chi connectivity index (χ0n) is 11.6. The van der Waals surface area contributed by atoms with E-state index >= 15 is 0 Å². The van der Waals surface area contributed by atoms with Crippen molar-refractivity contribution >= 4 is 5.91 Å². The smallest absolute Gasteiger partial charge is 0.242 e. The van der Waals surface area contributed by atoms with E-state index in [0.717, 1.165) is 25.8 Å². The van der Waals surface area contributed by atoms with Gasteiger partial charge in [0, 0.05) is 11.6 Å². The molecular weight excluding hydrogens is 228 g/mol. The van der Waals surface area contributed by atoms with Crippen molar-refractivity contribution < 1.29 is 9.90 Å². The van der Waals surface area contributed by atoms with E-state index in [1.165, 1.54) is 19.3 Å². The monoisotopic (exact) mass is 254 g/mol. The summed E-state index contributed by atoms with van der Waals surface area (Å²) in [6.45, 7) is 5.01. The summed E-state index contributed by atoms with van der Waals surface area (Å²) in [6.07, 6.45) is 6.93. The second kappa shape index (κ2) is 5.57. The van der Waals surface area contributed by atoms with E-state index in [-0.39, 0.29) is 18.1 Å². The van der Waals surface area contributed by atoms with Crippen molar-refractivity contribution in [3.05, 3.63) is 0 Å². The third kappa shape index (κ3) is 2.69. The predicted octanol–water partition coefficient (Wildman–Crippen LogP) is 1.28. The Bertz CT molecular complexity index is 298. The Morgan fingerprint density at radius 1 is 1.33 bits per heavy atom. The van der Waals surface area contributed by atoms with Crippen LogP contribution >= 0.6 is 0 Å². The molecule has 0 aromatic carbocycles. The Morgan fingerprint density at radius 2 is 2.00 bits per heavy atom. The van der Waals surface area contributed by atoms with E-state index < -0.39 is 6.04 Å². The first kappa shape index (κ1) is 13.8. The third-order valence-electron chi connectivity index (χ3n) is 4.44. The van der Waals surface area contributed by atoms with Gasteiger partial charge in [-0.1, -0.05) is 19.3 Å². The molecule has 1 aliphatic heterocycles. The number of rotatable bonds is 2. The molecule has 1 atom stereocenters. The van der Waals surface area contributed by atoms with Gasteiger partial charge in [-0.2, -0.15) is 0 Å². The quantitative estimate of drug-likeness (QED) is 0.780. The molecule has 1 heterocycles. The Hall–Kier alpha value is -0.610. The summed E-state index contributed by atoms with van der Waals surface area (Å²) in [4.78, 5) is 14.7. The van der Waals surface area contributed by atoms with Gasteiger partial charge in [-0.05, 0) is 39.7 Å². The van der Waals surface area contributed by atoms with Gasteiger partial charge in [0.05, 0.1) is 6.61 Å². The van der Waals surface area contributed by atoms with Crippen LogP contribution in [0.15, 0.2) is 0 Å². The van der Waals surface area contributed by atoms with E-state index in [1.807, 2.05) is 0 Å². The molecule has 1 saturated heterocycles. The number of amides is 1. The van der Waals surface area contributed by atoms with Crippen molar-refractivity contribution in [2.45, 2.75) is 70.0 Å². The Balaban J connectivity index is 2.21. The summed E-state index contributed by atoms with van der Waals surface area (Å²) in [5.41, 5.74) is -0.101. The van der Waals surface area contributed by atoms with Gasteiger partial charge in [0.25, 0.3) is 0 Å². The zero-order chi connectivity index (χ0) is 13.2. The molecule has 0 radical (unpaired) electrons. The predicted molar refractivity (Wildman–Crippen MR) is 71.3 cm³/mol. The number of aliphatic hydroxyl groups is 1. The van der Waals surface area contributed by atoms with Crippen LogP contribution < -0.4 is 5.32 Å². The van der Waals surface area contributed by atoms with Crippen molar-refractivity contribution in [2.24, 2.45) is 0 Å². The highest BCUT2D eigenvalue weighted by molar-refractivity contribution is 5.83. The van der Waals surface area contributed by atoms with Crippen LogP contribution in [-0.4, -0.2) is 46.7 Å². The molecule has 1 amide bonds. The maximum Gasteiger partial charge on any atom is 0.242 e. The number of hydrogen-bond acceptors (Lipinski definition) is 3. The molecular formula is C14H26N2O2. The molecule has 2 aliphatic rings. The van der Waals surface area contributed by atoms with Gasteiger partial charge in [0.1, 0.15) is 6.04 Å². The zero-order valence-corrected chi connectivity index (χ0v) is 11.6. The van der Waals surface area contributed by atoms with E-state index in [0.29, 0.717) is 6.04 Å². The highest BCUT2D eigenvalue weighted by Gasteiger charge is 2.41. The average Bonchev–Trinajstić information content (AvgIpc) is 2.46. The van der Waals surface area contributed by atoms with Crippen molar-refractivity contribution in [3.63, 3.8) is 0 Å². The molecule has 104 valence electrons. The molecule has 0 spiro atoms. The molecule has 2 N–H and O–H groups in total. The fourth-order valence-corrected chi connectivity index (χ4v) is 3.38. The van der Waals surface area contributed by atoms with Crippen LogP contribution in [-0.2, 0) is 4.79 Å². The fraction of sp³-hybridized carbons (Fsp3) is 0.929. The summed E-state index contributed by atoms with van der Waals surface area (Å²) >= 11 is 0. The lowest BCUT2D eigenvalue weighted by Crippen LogP contribution is -2.56. The van der Waals surface area contributed by atoms with Gasteiger partial charge in [0.2, 0.25) is 5.91 Å². The van der Waals surface area contributed by atoms with Crippen LogP contribution in [0.4, 0.5) is 0 Å². The van der Waals surface area contributed by atoms with E-state index in [9.17, 15) is 9.90 Å². The Labute approximate surface area is 110 Å². The van der Waals surface area contributed by atoms with Crippen LogP contribution in [0.25, 0.3) is 0 Å². The maximum absolute atomic E-state index is 12.6. The minimum atomic E-state index is -0.409. The van der Waals surface area contributed by atoms with E-state index in [4.69, 9.17) is 0 Å². The minimum Gasteiger partial charge on any atom is -0.394 e. The molecule has 0 aromatic heterocycles. The molecule has 1 aliphatic carbocycles. The fourth-order valence-electron chi connectivity index (χ4n) is 3.38. The van der Waals surface area contributed by atoms with Crippen LogP contribution in [0.1, 0.15) is 52.4 Å². The normalized spacial score (nSPS) is 30.3. The molecule has 0 aromatic rings. The second-order valence-corrected chi connectivity index (χ2v) is 6.25. The molecule has 4 nitrogen and oxygen atoms in total. The molecule has 2 fully saturated rings.